The second kappa shape index (κ2) is 5.35. The van der Waals surface area contributed by atoms with Gasteiger partial charge in [-0.3, -0.25) is 0 Å². The Morgan fingerprint density at radius 3 is 2.85 bits per heavy atom. The van der Waals surface area contributed by atoms with Gasteiger partial charge in [-0.25, -0.2) is 9.97 Å². The number of ether oxygens (including phenoxy) is 2. The fraction of sp³-hybridized carbons (Fsp3) is 0.643. The Balaban J connectivity index is 1.80. The Kier molecular flexibility index (Phi) is 3.55. The summed E-state index contributed by atoms with van der Waals surface area (Å²) in [4.78, 5) is 10.5. The number of aromatic nitrogens is 2. The predicted molar refractivity (Wildman–Crippen MR) is 72.0 cm³/mol. The molecule has 1 aromatic rings. The Bertz CT molecular complexity index is 522. The number of nitriles is 1. The second-order valence-electron chi connectivity index (χ2n) is 5.34. The van der Waals surface area contributed by atoms with E-state index in [1.165, 1.54) is 0 Å². The van der Waals surface area contributed by atoms with E-state index in [0.29, 0.717) is 24.7 Å². The highest BCUT2D eigenvalue weighted by Gasteiger charge is 2.42. The fourth-order valence-corrected chi connectivity index (χ4v) is 3.00. The van der Waals surface area contributed by atoms with Gasteiger partial charge in [-0.2, -0.15) is 5.26 Å². The molecule has 2 aliphatic heterocycles. The summed E-state index contributed by atoms with van der Waals surface area (Å²) in [5, 5.41) is 9.15. The highest BCUT2D eigenvalue weighted by atomic mass is 16.7. The molecule has 2 saturated heterocycles. The lowest BCUT2D eigenvalue weighted by Crippen LogP contribution is -2.47. The van der Waals surface area contributed by atoms with Gasteiger partial charge in [-0.15, -0.1) is 0 Å². The number of nitrogens with zero attached hydrogens (tertiary/aromatic N) is 4. The van der Waals surface area contributed by atoms with Gasteiger partial charge in [0.15, 0.2) is 17.3 Å². The second-order valence-corrected chi connectivity index (χ2v) is 5.34. The molecule has 2 aliphatic rings. The Hall–Kier alpha value is -1.71. The van der Waals surface area contributed by atoms with Crippen LogP contribution in [0, 0.1) is 17.2 Å². The van der Waals surface area contributed by atoms with E-state index in [4.69, 9.17) is 14.7 Å². The van der Waals surface area contributed by atoms with Crippen LogP contribution >= 0.6 is 0 Å². The third-order valence-corrected chi connectivity index (χ3v) is 4.11. The van der Waals surface area contributed by atoms with Gasteiger partial charge < -0.3 is 14.4 Å². The first kappa shape index (κ1) is 13.3. The van der Waals surface area contributed by atoms with E-state index in [-0.39, 0.29) is 5.92 Å². The zero-order chi connectivity index (χ0) is 14.0. The summed E-state index contributed by atoms with van der Waals surface area (Å²) in [7, 11) is 0. The maximum absolute atomic E-state index is 9.15. The highest BCUT2D eigenvalue weighted by Crippen LogP contribution is 2.35. The molecule has 2 fully saturated rings. The van der Waals surface area contributed by atoms with Crippen molar-refractivity contribution in [1.82, 2.24) is 9.97 Å². The van der Waals surface area contributed by atoms with E-state index >= 15 is 0 Å². The lowest BCUT2D eigenvalue weighted by atomic mass is 9.90. The molecule has 0 radical (unpaired) electrons. The first-order valence-corrected chi connectivity index (χ1v) is 6.97. The van der Waals surface area contributed by atoms with Crippen LogP contribution in [0.3, 0.4) is 0 Å². The van der Waals surface area contributed by atoms with Gasteiger partial charge in [0.05, 0.1) is 13.2 Å². The molecule has 0 spiro atoms. The molecule has 0 saturated carbocycles. The zero-order valence-corrected chi connectivity index (χ0v) is 11.6. The summed E-state index contributed by atoms with van der Waals surface area (Å²) in [5.41, 5.74) is 0.381. The highest BCUT2D eigenvalue weighted by molar-refractivity contribution is 5.49. The van der Waals surface area contributed by atoms with E-state index in [0.717, 1.165) is 25.9 Å². The Morgan fingerprint density at radius 1 is 1.35 bits per heavy atom. The maximum atomic E-state index is 9.15. The normalized spacial score (nSPS) is 25.4. The van der Waals surface area contributed by atoms with Gasteiger partial charge in [0.25, 0.3) is 0 Å². The van der Waals surface area contributed by atoms with Crippen molar-refractivity contribution >= 4 is 5.82 Å². The molecule has 1 atom stereocenters. The average Bonchev–Trinajstić information content (AvgIpc) is 2.95. The number of anilines is 1. The van der Waals surface area contributed by atoms with Gasteiger partial charge >= 0.3 is 0 Å². The molecule has 0 bridgehead atoms. The molecule has 6 heteroatoms. The lowest BCUT2D eigenvalue weighted by molar-refractivity contribution is -0.182. The van der Waals surface area contributed by atoms with E-state index in [1.54, 1.807) is 12.4 Å². The summed E-state index contributed by atoms with van der Waals surface area (Å²) < 4.78 is 11.5. The number of piperidine rings is 1. The number of hydrogen-bond acceptors (Lipinski definition) is 6. The molecule has 6 nitrogen and oxygen atoms in total. The zero-order valence-electron chi connectivity index (χ0n) is 11.6. The van der Waals surface area contributed by atoms with Crippen LogP contribution < -0.4 is 4.90 Å². The molecule has 20 heavy (non-hydrogen) atoms. The Labute approximate surface area is 118 Å². The molecule has 0 aliphatic carbocycles. The van der Waals surface area contributed by atoms with Gasteiger partial charge in [0.2, 0.25) is 0 Å². The molecular weight excluding hydrogens is 256 g/mol. The van der Waals surface area contributed by atoms with Crippen molar-refractivity contribution in [3.63, 3.8) is 0 Å². The van der Waals surface area contributed by atoms with Crippen molar-refractivity contribution in [2.45, 2.75) is 25.6 Å². The fourth-order valence-electron chi connectivity index (χ4n) is 3.00. The number of rotatable bonds is 2. The minimum Gasteiger partial charge on any atom is -0.354 e. The smallest absolute Gasteiger partial charge is 0.183 e. The summed E-state index contributed by atoms with van der Waals surface area (Å²) in [6.45, 7) is 4.99. The SMILES string of the molecule is CC1([C@H]2CCCN(c3nccnc3C#N)C2)OCCO1. The third kappa shape index (κ3) is 2.35. The summed E-state index contributed by atoms with van der Waals surface area (Å²) in [6, 6.07) is 2.11. The topological polar surface area (TPSA) is 71.3 Å². The molecule has 106 valence electrons. The molecule has 0 amide bonds. The van der Waals surface area contributed by atoms with Gasteiger partial charge in [-0.05, 0) is 19.8 Å². The summed E-state index contributed by atoms with van der Waals surface area (Å²) in [6.07, 6.45) is 5.28. The monoisotopic (exact) mass is 274 g/mol. The number of hydrogen-bond donors (Lipinski definition) is 0. The van der Waals surface area contributed by atoms with Crippen LogP contribution in [0.1, 0.15) is 25.5 Å². The van der Waals surface area contributed by atoms with E-state index in [2.05, 4.69) is 20.9 Å². The lowest BCUT2D eigenvalue weighted by Gasteiger charge is -2.40. The van der Waals surface area contributed by atoms with Crippen molar-refractivity contribution in [3.8, 4) is 6.07 Å². The Morgan fingerprint density at radius 2 is 2.10 bits per heavy atom. The minimum atomic E-state index is -0.506. The minimum absolute atomic E-state index is 0.285. The maximum Gasteiger partial charge on any atom is 0.183 e. The molecule has 0 aromatic carbocycles. The molecule has 0 unspecified atom stereocenters. The van der Waals surface area contributed by atoms with Crippen molar-refractivity contribution in [1.29, 1.82) is 5.26 Å². The first-order valence-electron chi connectivity index (χ1n) is 6.97. The molecule has 0 N–H and O–H groups in total. The van der Waals surface area contributed by atoms with Gasteiger partial charge in [0.1, 0.15) is 6.07 Å². The molecule has 3 heterocycles. The summed E-state index contributed by atoms with van der Waals surface area (Å²) in [5.74, 6) is 0.446. The van der Waals surface area contributed by atoms with E-state index < -0.39 is 5.79 Å². The third-order valence-electron chi connectivity index (χ3n) is 4.11. The van der Waals surface area contributed by atoms with Crippen LogP contribution in [0.5, 0.6) is 0 Å². The molecule has 1 aromatic heterocycles. The largest absolute Gasteiger partial charge is 0.354 e. The standard InChI is InChI=1S/C14H18N4O2/c1-14(19-7-8-20-14)11-3-2-6-18(10-11)13-12(9-15)16-4-5-17-13/h4-5,11H,2-3,6-8,10H2,1H3/t11-/m0/s1. The van der Waals surface area contributed by atoms with Crippen molar-refractivity contribution < 1.29 is 9.47 Å². The van der Waals surface area contributed by atoms with Crippen LogP contribution in [0.4, 0.5) is 5.82 Å². The molecular formula is C14H18N4O2. The van der Waals surface area contributed by atoms with Gasteiger partial charge in [0, 0.05) is 31.4 Å². The molecule has 3 rings (SSSR count). The van der Waals surface area contributed by atoms with Gasteiger partial charge in [-0.1, -0.05) is 0 Å². The van der Waals surface area contributed by atoms with Crippen molar-refractivity contribution in [2.75, 3.05) is 31.2 Å². The van der Waals surface area contributed by atoms with Crippen LogP contribution in [0.25, 0.3) is 0 Å². The van der Waals surface area contributed by atoms with Crippen molar-refractivity contribution in [2.24, 2.45) is 5.92 Å². The van der Waals surface area contributed by atoms with Crippen molar-refractivity contribution in [3.05, 3.63) is 18.1 Å². The quantitative estimate of drug-likeness (QED) is 0.810. The summed E-state index contributed by atoms with van der Waals surface area (Å²) >= 11 is 0. The van der Waals surface area contributed by atoms with Crippen LogP contribution in [-0.2, 0) is 9.47 Å². The van der Waals surface area contributed by atoms with Crippen LogP contribution in [0.2, 0.25) is 0 Å². The van der Waals surface area contributed by atoms with Crippen LogP contribution in [0.15, 0.2) is 12.4 Å². The average molecular weight is 274 g/mol. The van der Waals surface area contributed by atoms with E-state index in [1.807, 2.05) is 6.92 Å². The van der Waals surface area contributed by atoms with Crippen LogP contribution in [-0.4, -0.2) is 42.1 Å². The van der Waals surface area contributed by atoms with E-state index in [9.17, 15) is 0 Å². The predicted octanol–water partition coefficient (Wildman–Crippen LogP) is 1.33. The first-order chi connectivity index (χ1) is 9.73.